The van der Waals surface area contributed by atoms with Gasteiger partial charge < -0.3 is 20.2 Å². The molecule has 0 radical (unpaired) electrons. The van der Waals surface area contributed by atoms with E-state index in [0.717, 1.165) is 24.3 Å². The van der Waals surface area contributed by atoms with E-state index in [0.29, 0.717) is 5.52 Å². The number of pyridine rings is 1. The van der Waals surface area contributed by atoms with Gasteiger partial charge in [0.2, 0.25) is 5.96 Å². The van der Waals surface area contributed by atoms with Crippen LogP contribution in [0.3, 0.4) is 0 Å². The molecule has 0 saturated heterocycles. The van der Waals surface area contributed by atoms with Crippen molar-refractivity contribution in [3.8, 4) is 0 Å². The van der Waals surface area contributed by atoms with Crippen LogP contribution >= 0.6 is 0 Å². The first kappa shape index (κ1) is 26.3. The minimum absolute atomic E-state index is 0.00510. The molecule has 1 amide bonds. The summed E-state index contributed by atoms with van der Waals surface area (Å²) < 4.78 is 59.5. The molecule has 4 aromatic rings. The third-order valence-corrected chi connectivity index (χ3v) is 5.84. The molecule has 1 aliphatic rings. The molecule has 0 bridgehead atoms. The molecule has 1 unspecified atom stereocenters. The molecule has 1 aliphatic heterocycles. The third-order valence-electron chi connectivity index (χ3n) is 5.84. The van der Waals surface area contributed by atoms with Crippen molar-refractivity contribution in [3.05, 3.63) is 94.6 Å². The molecule has 14 heteroatoms. The smallest absolute Gasteiger partial charge is 0.416 e. The Morgan fingerprint density at radius 2 is 1.90 bits per heavy atom. The van der Waals surface area contributed by atoms with Crippen LogP contribution in [0.15, 0.2) is 81.5 Å². The molecule has 3 heterocycles. The number of amides is 1. The van der Waals surface area contributed by atoms with Crippen molar-refractivity contribution in [3.63, 3.8) is 0 Å². The maximum absolute atomic E-state index is 13.5. The van der Waals surface area contributed by atoms with Crippen LogP contribution in [0.25, 0.3) is 11.1 Å². The Labute approximate surface area is 222 Å². The average molecular weight is 554 g/mol. The van der Waals surface area contributed by atoms with Crippen LogP contribution in [-0.2, 0) is 11.0 Å². The van der Waals surface area contributed by atoms with E-state index in [1.54, 1.807) is 0 Å². The summed E-state index contributed by atoms with van der Waals surface area (Å²) in [7, 11) is 0. The highest BCUT2D eigenvalue weighted by Gasteiger charge is 2.34. The first-order valence-electron chi connectivity index (χ1n) is 11.5. The number of rotatable bonds is 5. The van der Waals surface area contributed by atoms with Crippen LogP contribution in [-0.4, -0.2) is 32.9 Å². The van der Waals surface area contributed by atoms with Crippen molar-refractivity contribution in [2.45, 2.75) is 19.1 Å². The summed E-state index contributed by atoms with van der Waals surface area (Å²) in [4.78, 5) is 37.2. The summed E-state index contributed by atoms with van der Waals surface area (Å²) in [6, 6.07) is 9.15. The van der Waals surface area contributed by atoms with Gasteiger partial charge in [0.15, 0.2) is 5.58 Å². The van der Waals surface area contributed by atoms with E-state index in [1.807, 2.05) is 0 Å². The van der Waals surface area contributed by atoms with Gasteiger partial charge in [-0.1, -0.05) is 12.1 Å². The number of oxazole rings is 1. The Balaban J connectivity index is 1.51. The number of nitrogens with zero attached hydrogens (tertiary/aromatic N) is 3. The normalized spacial score (nSPS) is 15.4. The summed E-state index contributed by atoms with van der Waals surface area (Å²) in [6.45, 7) is 1.51. The highest BCUT2D eigenvalue weighted by molar-refractivity contribution is 6.07. The quantitative estimate of drug-likeness (QED) is 0.250. The van der Waals surface area contributed by atoms with Gasteiger partial charge in [0.05, 0.1) is 16.7 Å². The van der Waals surface area contributed by atoms with Gasteiger partial charge in [-0.3, -0.25) is 10.1 Å². The summed E-state index contributed by atoms with van der Waals surface area (Å²) in [5.74, 6) is -2.64. The van der Waals surface area contributed by atoms with Crippen LogP contribution < -0.4 is 16.0 Å². The van der Waals surface area contributed by atoms with E-state index in [4.69, 9.17) is 4.42 Å². The van der Waals surface area contributed by atoms with Crippen molar-refractivity contribution >= 4 is 40.8 Å². The van der Waals surface area contributed by atoms with E-state index in [2.05, 4.69) is 30.9 Å². The number of carbonyl (C=O) groups excluding carboxylic acids is 1. The van der Waals surface area contributed by atoms with E-state index in [9.17, 15) is 32.3 Å². The second-order valence-corrected chi connectivity index (χ2v) is 8.61. The van der Waals surface area contributed by atoms with Crippen molar-refractivity contribution in [1.29, 1.82) is 0 Å². The molecule has 204 valence electrons. The fourth-order valence-electron chi connectivity index (χ4n) is 4.03. The second kappa shape index (κ2) is 10.1. The summed E-state index contributed by atoms with van der Waals surface area (Å²) in [5, 5.41) is 17.3. The van der Waals surface area contributed by atoms with Gasteiger partial charge in [0.25, 0.3) is 5.91 Å². The number of guanidine groups is 1. The SMILES string of the molecule is CC1=C(C(=O)Nc2cc(C(=O)O)ccn2)C(c2cccc(C(F)(F)F)c2)N=C(Nc2nc3ccc(F)cc3o2)N1. The highest BCUT2D eigenvalue weighted by atomic mass is 19.4. The average Bonchev–Trinajstić information content (AvgIpc) is 3.29. The number of carboxylic acids is 1. The fraction of sp³-hybridized carbons (Fsp3) is 0.115. The number of anilines is 2. The number of alkyl halides is 3. The van der Waals surface area contributed by atoms with E-state index in [-0.39, 0.29) is 45.8 Å². The first-order chi connectivity index (χ1) is 19.0. The molecule has 0 fully saturated rings. The number of hydrogen-bond donors (Lipinski definition) is 4. The number of nitrogens with one attached hydrogen (secondary N) is 3. The zero-order valence-corrected chi connectivity index (χ0v) is 20.4. The number of allylic oxidation sites excluding steroid dienone is 1. The minimum atomic E-state index is -4.65. The van der Waals surface area contributed by atoms with Gasteiger partial charge in [-0.25, -0.2) is 19.2 Å². The Bertz CT molecular complexity index is 1710. The Hall–Kier alpha value is -5.27. The maximum Gasteiger partial charge on any atom is 0.416 e. The minimum Gasteiger partial charge on any atom is -0.478 e. The Kier molecular flexibility index (Phi) is 6.67. The topological polar surface area (TPSA) is 142 Å². The lowest BCUT2D eigenvalue weighted by molar-refractivity contribution is -0.137. The number of aliphatic imine (C=N–C) groups is 1. The van der Waals surface area contributed by atoms with Crippen molar-refractivity contribution < 1.29 is 36.7 Å². The first-order valence-corrected chi connectivity index (χ1v) is 11.5. The molecule has 0 aliphatic carbocycles. The van der Waals surface area contributed by atoms with E-state index in [1.165, 1.54) is 43.5 Å². The zero-order valence-electron chi connectivity index (χ0n) is 20.4. The van der Waals surface area contributed by atoms with Gasteiger partial charge in [-0.2, -0.15) is 18.2 Å². The number of aromatic carboxylic acids is 1. The molecule has 0 saturated carbocycles. The number of carbonyl (C=O) groups is 2. The highest BCUT2D eigenvalue weighted by Crippen LogP contribution is 2.36. The Morgan fingerprint density at radius 3 is 2.65 bits per heavy atom. The molecule has 40 heavy (non-hydrogen) atoms. The molecule has 0 spiro atoms. The monoisotopic (exact) mass is 554 g/mol. The van der Waals surface area contributed by atoms with Crippen LogP contribution in [0.2, 0.25) is 0 Å². The molecule has 4 N–H and O–H groups in total. The molecule has 10 nitrogen and oxygen atoms in total. The predicted octanol–water partition coefficient (Wildman–Crippen LogP) is 5.10. The number of hydrogen-bond acceptors (Lipinski definition) is 8. The number of fused-ring (bicyclic) bond motifs is 1. The number of halogens is 4. The summed E-state index contributed by atoms with van der Waals surface area (Å²) >= 11 is 0. The Morgan fingerprint density at radius 1 is 1.10 bits per heavy atom. The van der Waals surface area contributed by atoms with Gasteiger partial charge in [0.1, 0.15) is 23.2 Å². The van der Waals surface area contributed by atoms with Crippen LogP contribution in [0, 0.1) is 5.82 Å². The molecule has 2 aromatic carbocycles. The number of carboxylic acid groups (broad SMARTS) is 1. The molecular formula is C26H18F4N6O4. The summed E-state index contributed by atoms with van der Waals surface area (Å²) in [6.07, 6.45) is -3.46. The van der Waals surface area contributed by atoms with Gasteiger partial charge in [-0.15, -0.1) is 0 Å². The van der Waals surface area contributed by atoms with Gasteiger partial charge in [-0.05, 0) is 48.9 Å². The standard InChI is InChI=1S/C26H18F4N6O4/c1-12-20(22(37)34-19-10-14(23(38)39)7-8-31-19)21(13-3-2-4-15(9-13)26(28,29)30)35-24(32-12)36-25-33-17-6-5-16(27)11-18(17)40-25/h2-11,21H,1H3,(H,38,39)(H,31,34,37)(H2,32,33,35,36). The largest absolute Gasteiger partial charge is 0.478 e. The third kappa shape index (κ3) is 5.45. The lowest BCUT2D eigenvalue weighted by Gasteiger charge is -2.26. The molecule has 1 atom stereocenters. The van der Waals surface area contributed by atoms with Crippen LogP contribution in [0.5, 0.6) is 0 Å². The summed E-state index contributed by atoms with van der Waals surface area (Å²) in [5.41, 5.74) is -0.361. The fourth-order valence-corrected chi connectivity index (χ4v) is 4.03. The van der Waals surface area contributed by atoms with Gasteiger partial charge in [0, 0.05) is 18.0 Å². The molecular weight excluding hydrogens is 536 g/mol. The zero-order chi connectivity index (χ0) is 28.6. The van der Waals surface area contributed by atoms with Gasteiger partial charge >= 0.3 is 18.2 Å². The second-order valence-electron chi connectivity index (χ2n) is 8.61. The lowest BCUT2D eigenvalue weighted by Crippen LogP contribution is -2.37. The van der Waals surface area contributed by atoms with Crippen molar-refractivity contribution in [2.24, 2.45) is 4.99 Å². The van der Waals surface area contributed by atoms with E-state index < -0.39 is 35.5 Å². The maximum atomic E-state index is 13.5. The number of aromatic nitrogens is 2. The van der Waals surface area contributed by atoms with E-state index >= 15 is 0 Å². The van der Waals surface area contributed by atoms with Crippen molar-refractivity contribution in [1.82, 2.24) is 15.3 Å². The lowest BCUT2D eigenvalue weighted by atomic mass is 9.94. The predicted molar refractivity (Wildman–Crippen MR) is 135 cm³/mol. The molecule has 2 aromatic heterocycles. The van der Waals surface area contributed by atoms with Crippen LogP contribution in [0.4, 0.5) is 29.4 Å². The molecule has 5 rings (SSSR count). The van der Waals surface area contributed by atoms with Crippen molar-refractivity contribution in [2.75, 3.05) is 10.6 Å². The number of benzene rings is 2. The van der Waals surface area contributed by atoms with Crippen LogP contribution in [0.1, 0.15) is 34.5 Å².